The Morgan fingerprint density at radius 3 is 2.34 bits per heavy atom. The van der Waals surface area contributed by atoms with E-state index in [2.05, 4.69) is 10.2 Å². The fourth-order valence-corrected chi connectivity index (χ4v) is 5.73. The zero-order chi connectivity index (χ0) is 31.6. The Kier molecular flexibility index (Phi) is 9.00. The molecule has 5 rings (SSSR count). The molecule has 3 amide bonds. The molecule has 0 spiro atoms. The second-order valence-electron chi connectivity index (χ2n) is 12.5. The Morgan fingerprint density at radius 2 is 1.66 bits per heavy atom. The third kappa shape index (κ3) is 7.07. The first-order valence-electron chi connectivity index (χ1n) is 14.9. The summed E-state index contributed by atoms with van der Waals surface area (Å²) in [7, 11) is 0. The number of hydrogen-bond donors (Lipinski definition) is 1. The Morgan fingerprint density at radius 1 is 0.977 bits per heavy atom. The van der Waals surface area contributed by atoms with Crippen LogP contribution in [0.1, 0.15) is 49.3 Å². The summed E-state index contributed by atoms with van der Waals surface area (Å²) in [5, 5.41) is 7.92. The largest absolute Gasteiger partial charge is 0.444 e. The van der Waals surface area contributed by atoms with E-state index >= 15 is 0 Å². The first-order chi connectivity index (χ1) is 20.9. The number of rotatable bonds is 5. The number of piperazine rings is 2. The second kappa shape index (κ2) is 12.7. The van der Waals surface area contributed by atoms with Crippen LogP contribution in [0.15, 0.2) is 47.3 Å². The van der Waals surface area contributed by atoms with Gasteiger partial charge < -0.3 is 19.4 Å². The van der Waals surface area contributed by atoms with Gasteiger partial charge in [-0.25, -0.2) is 14.3 Å². The molecule has 2 aliphatic rings. The number of amides is 3. The number of benzene rings is 2. The van der Waals surface area contributed by atoms with Crippen LogP contribution >= 0.6 is 0 Å². The molecule has 44 heavy (non-hydrogen) atoms. The van der Waals surface area contributed by atoms with Gasteiger partial charge in [-0.3, -0.25) is 19.3 Å². The molecule has 1 atom stereocenters. The highest BCUT2D eigenvalue weighted by Crippen LogP contribution is 2.21. The van der Waals surface area contributed by atoms with E-state index in [0.29, 0.717) is 74.3 Å². The molecule has 1 N–H and O–H groups in total. The Balaban J connectivity index is 1.16. The first-order valence-corrected chi connectivity index (χ1v) is 14.9. The van der Waals surface area contributed by atoms with E-state index in [1.165, 1.54) is 12.1 Å². The van der Waals surface area contributed by atoms with Gasteiger partial charge in [0.25, 0.3) is 11.5 Å². The van der Waals surface area contributed by atoms with Crippen LogP contribution in [0.3, 0.4) is 0 Å². The maximum atomic E-state index is 14.9. The smallest absolute Gasteiger partial charge is 0.410 e. The Labute approximate surface area is 255 Å². The summed E-state index contributed by atoms with van der Waals surface area (Å²) >= 11 is 0. The van der Waals surface area contributed by atoms with E-state index < -0.39 is 17.3 Å². The van der Waals surface area contributed by atoms with Gasteiger partial charge in [0, 0.05) is 63.7 Å². The fourth-order valence-electron chi connectivity index (χ4n) is 5.73. The quantitative estimate of drug-likeness (QED) is 0.475. The van der Waals surface area contributed by atoms with E-state index in [1.54, 1.807) is 32.9 Å². The molecule has 0 saturated carbocycles. The molecule has 234 valence electrons. The van der Waals surface area contributed by atoms with Gasteiger partial charge in [0.1, 0.15) is 11.4 Å². The number of carbonyl (C=O) groups is 3. The number of nitrogens with one attached hydrogen (secondary N) is 1. The number of aromatic nitrogens is 2. The molecule has 11 nitrogen and oxygen atoms in total. The molecule has 0 unspecified atom stereocenters. The van der Waals surface area contributed by atoms with Crippen LogP contribution < -0.4 is 5.56 Å². The van der Waals surface area contributed by atoms with Gasteiger partial charge in [0.2, 0.25) is 5.91 Å². The highest BCUT2D eigenvalue weighted by molar-refractivity contribution is 5.95. The fraction of sp³-hybridized carbons (Fsp3) is 0.469. The van der Waals surface area contributed by atoms with Crippen molar-refractivity contribution >= 4 is 28.7 Å². The molecular weight excluding hydrogens is 567 g/mol. The van der Waals surface area contributed by atoms with Crippen LogP contribution in [-0.2, 0) is 16.0 Å². The van der Waals surface area contributed by atoms with E-state index in [1.807, 2.05) is 44.7 Å². The van der Waals surface area contributed by atoms with Crippen LogP contribution in [0.4, 0.5) is 9.18 Å². The monoisotopic (exact) mass is 606 g/mol. The minimum Gasteiger partial charge on any atom is -0.444 e. The number of nitrogens with zero attached hydrogens (tertiary/aromatic N) is 5. The van der Waals surface area contributed by atoms with Crippen molar-refractivity contribution in [3.63, 3.8) is 0 Å². The number of H-pyrrole nitrogens is 1. The van der Waals surface area contributed by atoms with Gasteiger partial charge in [-0.05, 0) is 51.5 Å². The maximum Gasteiger partial charge on any atom is 0.410 e. The standard InChI is InChI=1S/C32H39FN6O5/c1-21-19-36(11-16-39(21)31(43)44-32(2,3)4)20-28(40)37-12-14-38(15-13-37)30(42)25-17-22(9-10-26(25)33)18-27-23-7-5-6-8-24(23)29(41)35-34-27/h5-10,17,21H,11-16,18-20H2,1-4H3,(H,35,41)/t21-/m0/s1. The van der Waals surface area contributed by atoms with Crippen molar-refractivity contribution in [2.45, 2.75) is 45.8 Å². The summed E-state index contributed by atoms with van der Waals surface area (Å²) in [6, 6.07) is 11.5. The summed E-state index contributed by atoms with van der Waals surface area (Å²) < 4.78 is 20.4. The molecule has 0 radical (unpaired) electrons. The lowest BCUT2D eigenvalue weighted by Crippen LogP contribution is -2.58. The highest BCUT2D eigenvalue weighted by atomic mass is 19.1. The average Bonchev–Trinajstić information content (AvgIpc) is 2.98. The summed E-state index contributed by atoms with van der Waals surface area (Å²) in [6.45, 7) is 10.6. The predicted molar refractivity (Wildman–Crippen MR) is 163 cm³/mol. The Bertz CT molecular complexity index is 1610. The minimum atomic E-state index is -0.615. The van der Waals surface area contributed by atoms with Gasteiger partial charge in [0.15, 0.2) is 0 Å². The van der Waals surface area contributed by atoms with Crippen LogP contribution in [0.2, 0.25) is 0 Å². The highest BCUT2D eigenvalue weighted by Gasteiger charge is 2.33. The lowest BCUT2D eigenvalue weighted by atomic mass is 10.0. The molecule has 0 bridgehead atoms. The van der Waals surface area contributed by atoms with Gasteiger partial charge in [-0.2, -0.15) is 5.10 Å². The van der Waals surface area contributed by atoms with Crippen LogP contribution in [0.5, 0.6) is 0 Å². The van der Waals surface area contributed by atoms with E-state index in [9.17, 15) is 23.6 Å². The van der Waals surface area contributed by atoms with Crippen molar-refractivity contribution in [3.05, 3.63) is 75.5 Å². The number of aromatic amines is 1. The van der Waals surface area contributed by atoms with Gasteiger partial charge in [-0.1, -0.05) is 24.3 Å². The van der Waals surface area contributed by atoms with Crippen LogP contribution in [0.25, 0.3) is 10.8 Å². The predicted octanol–water partition coefficient (Wildman–Crippen LogP) is 2.88. The third-order valence-corrected chi connectivity index (χ3v) is 8.03. The maximum absolute atomic E-state index is 14.9. The van der Waals surface area contributed by atoms with Crippen molar-refractivity contribution in [1.29, 1.82) is 0 Å². The normalized spacial score (nSPS) is 18.0. The van der Waals surface area contributed by atoms with E-state index in [-0.39, 0.29) is 35.7 Å². The minimum absolute atomic E-state index is 0.0344. The summed E-state index contributed by atoms with van der Waals surface area (Å²) in [6.07, 6.45) is -0.0366. The summed E-state index contributed by atoms with van der Waals surface area (Å²) in [4.78, 5) is 58.1. The molecule has 3 heterocycles. The summed E-state index contributed by atoms with van der Waals surface area (Å²) in [5.74, 6) is -1.08. The van der Waals surface area contributed by atoms with Gasteiger partial charge >= 0.3 is 6.09 Å². The molecule has 2 saturated heterocycles. The third-order valence-electron chi connectivity index (χ3n) is 8.03. The lowest BCUT2D eigenvalue weighted by molar-refractivity contribution is -0.134. The zero-order valence-electron chi connectivity index (χ0n) is 25.6. The van der Waals surface area contributed by atoms with Crippen LogP contribution in [0, 0.1) is 5.82 Å². The Hall–Kier alpha value is -4.32. The topological polar surface area (TPSA) is 119 Å². The number of ether oxygens (including phenoxy) is 1. The van der Waals surface area contributed by atoms with E-state index in [0.717, 1.165) is 0 Å². The zero-order valence-corrected chi connectivity index (χ0v) is 25.6. The number of halogens is 1. The summed E-state index contributed by atoms with van der Waals surface area (Å²) in [5.41, 5.74) is 0.423. The van der Waals surface area contributed by atoms with Crippen molar-refractivity contribution < 1.29 is 23.5 Å². The lowest BCUT2D eigenvalue weighted by Gasteiger charge is -2.41. The molecular formula is C32H39FN6O5. The molecule has 2 fully saturated rings. The van der Waals surface area contributed by atoms with Gasteiger partial charge in [-0.15, -0.1) is 0 Å². The molecule has 2 aliphatic heterocycles. The van der Waals surface area contributed by atoms with E-state index in [4.69, 9.17) is 4.74 Å². The first kappa shape index (κ1) is 31.1. The van der Waals surface area contributed by atoms with Crippen molar-refractivity contribution in [2.75, 3.05) is 52.4 Å². The van der Waals surface area contributed by atoms with Gasteiger partial charge in [0.05, 0.1) is 23.2 Å². The molecule has 2 aromatic carbocycles. The molecule has 12 heteroatoms. The number of fused-ring (bicyclic) bond motifs is 1. The van der Waals surface area contributed by atoms with Crippen LogP contribution in [-0.4, -0.2) is 112 Å². The number of carbonyl (C=O) groups excluding carboxylic acids is 3. The molecule has 0 aliphatic carbocycles. The SMILES string of the molecule is C[C@H]1CN(CC(=O)N2CCN(C(=O)c3cc(Cc4n[nH]c(=O)c5ccccc45)ccc3F)CC2)CCN1C(=O)OC(C)(C)C. The average molecular weight is 607 g/mol. The van der Waals surface area contributed by atoms with Crippen molar-refractivity contribution in [2.24, 2.45) is 0 Å². The van der Waals surface area contributed by atoms with Crippen molar-refractivity contribution in [3.8, 4) is 0 Å². The van der Waals surface area contributed by atoms with Crippen molar-refractivity contribution in [1.82, 2.24) is 29.8 Å². The second-order valence-corrected chi connectivity index (χ2v) is 12.5. The molecule has 1 aromatic heterocycles. The number of hydrogen-bond acceptors (Lipinski definition) is 7. The molecule has 3 aromatic rings.